The smallest absolute Gasteiger partial charge is 0.204 e. The summed E-state index contributed by atoms with van der Waals surface area (Å²) in [4.78, 5) is 12.9. The molecule has 0 fully saturated rings. The van der Waals surface area contributed by atoms with Gasteiger partial charge in [0.15, 0.2) is 0 Å². The lowest BCUT2D eigenvalue weighted by molar-refractivity contribution is 0.104. The standard InChI is InChI=1S/C12H8ClIOS/c1-7-3-2-4-8(11(7)14)12(15)9-5-6-10(13)16-9/h2-6H,1H3. The monoisotopic (exact) mass is 362 g/mol. The number of carbonyl (C=O) groups excluding carboxylic acids is 1. The Morgan fingerprint density at radius 3 is 2.69 bits per heavy atom. The molecule has 0 aliphatic heterocycles. The maximum atomic E-state index is 12.2. The first-order valence-corrected chi connectivity index (χ1v) is 6.92. The highest BCUT2D eigenvalue weighted by Gasteiger charge is 2.15. The number of hydrogen-bond acceptors (Lipinski definition) is 2. The van der Waals surface area contributed by atoms with E-state index in [4.69, 9.17) is 11.6 Å². The second kappa shape index (κ2) is 4.85. The average molecular weight is 363 g/mol. The van der Waals surface area contributed by atoms with Crippen molar-refractivity contribution >= 4 is 51.3 Å². The van der Waals surface area contributed by atoms with Crippen molar-refractivity contribution in [2.24, 2.45) is 0 Å². The average Bonchev–Trinajstić information content (AvgIpc) is 2.68. The van der Waals surface area contributed by atoms with Gasteiger partial charge in [0.2, 0.25) is 5.78 Å². The topological polar surface area (TPSA) is 17.1 Å². The van der Waals surface area contributed by atoms with Gasteiger partial charge < -0.3 is 0 Å². The SMILES string of the molecule is Cc1cccc(C(=O)c2ccc(Cl)s2)c1I. The van der Waals surface area contributed by atoms with E-state index in [1.807, 2.05) is 25.1 Å². The number of rotatable bonds is 2. The van der Waals surface area contributed by atoms with Gasteiger partial charge in [-0.2, -0.15) is 0 Å². The van der Waals surface area contributed by atoms with E-state index in [9.17, 15) is 4.79 Å². The highest BCUT2D eigenvalue weighted by atomic mass is 127. The van der Waals surface area contributed by atoms with Gasteiger partial charge in [-0.3, -0.25) is 4.79 Å². The Labute approximate surface area is 117 Å². The first-order chi connectivity index (χ1) is 7.59. The molecule has 0 amide bonds. The van der Waals surface area contributed by atoms with Crippen molar-refractivity contribution in [2.75, 3.05) is 0 Å². The van der Waals surface area contributed by atoms with E-state index in [1.54, 1.807) is 12.1 Å². The maximum absolute atomic E-state index is 12.2. The molecule has 0 N–H and O–H groups in total. The van der Waals surface area contributed by atoms with Gasteiger partial charge >= 0.3 is 0 Å². The Morgan fingerprint density at radius 1 is 1.31 bits per heavy atom. The second-order valence-electron chi connectivity index (χ2n) is 3.37. The van der Waals surface area contributed by atoms with E-state index in [0.717, 1.165) is 14.7 Å². The van der Waals surface area contributed by atoms with Crippen LogP contribution >= 0.6 is 45.5 Å². The number of carbonyl (C=O) groups is 1. The molecule has 1 nitrogen and oxygen atoms in total. The Hall–Kier alpha value is -0.390. The molecule has 0 saturated carbocycles. The van der Waals surface area contributed by atoms with Crippen LogP contribution in [-0.2, 0) is 0 Å². The maximum Gasteiger partial charge on any atom is 0.204 e. The molecule has 0 saturated heterocycles. The molecule has 0 unspecified atom stereocenters. The molecule has 82 valence electrons. The third-order valence-corrected chi connectivity index (χ3v) is 4.90. The van der Waals surface area contributed by atoms with Gasteiger partial charge in [-0.15, -0.1) is 11.3 Å². The lowest BCUT2D eigenvalue weighted by Gasteiger charge is -2.04. The van der Waals surface area contributed by atoms with Crippen LogP contribution in [0.1, 0.15) is 20.8 Å². The Kier molecular flexibility index (Phi) is 3.66. The first kappa shape index (κ1) is 12.1. The van der Waals surface area contributed by atoms with Gasteiger partial charge in [-0.25, -0.2) is 0 Å². The number of hydrogen-bond donors (Lipinski definition) is 0. The van der Waals surface area contributed by atoms with Crippen LogP contribution in [0.25, 0.3) is 0 Å². The predicted octanol–water partition coefficient (Wildman–Crippen LogP) is 4.55. The van der Waals surface area contributed by atoms with Crippen LogP contribution in [0.5, 0.6) is 0 Å². The molecule has 0 aliphatic carbocycles. The zero-order valence-corrected chi connectivity index (χ0v) is 12.2. The number of thiophene rings is 1. The third kappa shape index (κ3) is 2.31. The van der Waals surface area contributed by atoms with Crippen molar-refractivity contribution in [1.82, 2.24) is 0 Å². The van der Waals surface area contributed by atoms with Crippen LogP contribution in [0.3, 0.4) is 0 Å². The number of aryl methyl sites for hydroxylation is 1. The minimum Gasteiger partial charge on any atom is -0.288 e. The van der Waals surface area contributed by atoms with E-state index in [0.29, 0.717) is 9.21 Å². The highest BCUT2D eigenvalue weighted by Crippen LogP contribution is 2.26. The zero-order chi connectivity index (χ0) is 11.7. The van der Waals surface area contributed by atoms with Crippen LogP contribution in [0.2, 0.25) is 4.34 Å². The predicted molar refractivity (Wildman–Crippen MR) is 76.7 cm³/mol. The van der Waals surface area contributed by atoms with Crippen LogP contribution < -0.4 is 0 Å². The molecule has 1 aromatic carbocycles. The summed E-state index contributed by atoms with van der Waals surface area (Å²) in [6, 6.07) is 9.28. The summed E-state index contributed by atoms with van der Waals surface area (Å²) in [6.45, 7) is 2.00. The Morgan fingerprint density at radius 2 is 2.06 bits per heavy atom. The summed E-state index contributed by atoms with van der Waals surface area (Å²) in [5.41, 5.74) is 1.87. The third-order valence-electron chi connectivity index (χ3n) is 2.23. The number of ketones is 1. The fourth-order valence-electron chi connectivity index (χ4n) is 1.39. The number of halogens is 2. The van der Waals surface area contributed by atoms with Crippen molar-refractivity contribution < 1.29 is 4.79 Å². The molecule has 2 rings (SSSR count). The summed E-state index contributed by atoms with van der Waals surface area (Å²) >= 11 is 9.35. The molecule has 1 aromatic heterocycles. The van der Waals surface area contributed by atoms with Gasteiger partial charge in [-0.05, 0) is 53.3 Å². The summed E-state index contributed by atoms with van der Waals surface area (Å²) in [7, 11) is 0. The van der Waals surface area contributed by atoms with Gasteiger partial charge in [0.1, 0.15) is 0 Å². The summed E-state index contributed by atoms with van der Waals surface area (Å²) in [6.07, 6.45) is 0. The lowest BCUT2D eigenvalue weighted by atomic mass is 10.1. The Bertz CT molecular complexity index is 548. The van der Waals surface area contributed by atoms with Gasteiger partial charge in [-0.1, -0.05) is 23.7 Å². The van der Waals surface area contributed by atoms with E-state index < -0.39 is 0 Å². The van der Waals surface area contributed by atoms with Crippen molar-refractivity contribution in [2.45, 2.75) is 6.92 Å². The largest absolute Gasteiger partial charge is 0.288 e. The van der Waals surface area contributed by atoms with E-state index >= 15 is 0 Å². The minimum atomic E-state index is 0.0463. The zero-order valence-electron chi connectivity index (χ0n) is 8.46. The van der Waals surface area contributed by atoms with Gasteiger partial charge in [0.25, 0.3) is 0 Å². The molecule has 0 radical (unpaired) electrons. The van der Waals surface area contributed by atoms with Crippen molar-refractivity contribution in [3.8, 4) is 0 Å². The van der Waals surface area contributed by atoms with Crippen LogP contribution in [0, 0.1) is 10.5 Å². The fraction of sp³-hybridized carbons (Fsp3) is 0.0833. The van der Waals surface area contributed by atoms with Crippen LogP contribution in [-0.4, -0.2) is 5.78 Å². The molecule has 0 bridgehead atoms. The fourth-order valence-corrected chi connectivity index (χ4v) is 2.99. The van der Waals surface area contributed by atoms with Gasteiger partial charge in [0, 0.05) is 9.13 Å². The molecule has 2 aromatic rings. The molecule has 0 atom stereocenters. The minimum absolute atomic E-state index is 0.0463. The highest BCUT2D eigenvalue weighted by molar-refractivity contribution is 14.1. The first-order valence-electron chi connectivity index (χ1n) is 4.65. The van der Waals surface area contributed by atoms with Crippen LogP contribution in [0.15, 0.2) is 30.3 Å². The normalized spacial score (nSPS) is 10.4. The van der Waals surface area contributed by atoms with Crippen molar-refractivity contribution in [3.05, 3.63) is 54.2 Å². The summed E-state index contributed by atoms with van der Waals surface area (Å²) in [5, 5.41) is 0. The molecule has 16 heavy (non-hydrogen) atoms. The van der Waals surface area contributed by atoms with E-state index in [2.05, 4.69) is 22.6 Å². The van der Waals surface area contributed by atoms with Gasteiger partial charge in [0.05, 0.1) is 9.21 Å². The van der Waals surface area contributed by atoms with Crippen molar-refractivity contribution in [1.29, 1.82) is 0 Å². The summed E-state index contributed by atoms with van der Waals surface area (Å²) in [5.74, 6) is 0.0463. The van der Waals surface area contributed by atoms with E-state index in [-0.39, 0.29) is 5.78 Å². The van der Waals surface area contributed by atoms with Crippen LogP contribution in [0.4, 0.5) is 0 Å². The molecular formula is C12H8ClIOS. The lowest BCUT2D eigenvalue weighted by Crippen LogP contribution is -2.02. The molecular weight excluding hydrogens is 355 g/mol. The van der Waals surface area contributed by atoms with Crippen molar-refractivity contribution in [3.63, 3.8) is 0 Å². The second-order valence-corrected chi connectivity index (χ2v) is 6.16. The Balaban J connectivity index is 2.45. The summed E-state index contributed by atoms with van der Waals surface area (Å²) < 4.78 is 1.65. The molecule has 0 spiro atoms. The molecule has 4 heteroatoms. The molecule has 1 heterocycles. The van der Waals surface area contributed by atoms with E-state index in [1.165, 1.54) is 11.3 Å². The number of benzene rings is 1. The molecule has 0 aliphatic rings. The quantitative estimate of drug-likeness (QED) is 0.566.